The fourth-order valence-corrected chi connectivity index (χ4v) is 2.82. The lowest BCUT2D eigenvalue weighted by Crippen LogP contribution is -2.27. The van der Waals surface area contributed by atoms with Gasteiger partial charge < -0.3 is 9.64 Å². The van der Waals surface area contributed by atoms with E-state index in [1.54, 1.807) is 53.4 Å². The van der Waals surface area contributed by atoms with Crippen molar-refractivity contribution in [1.82, 2.24) is 0 Å². The molecule has 25 heavy (non-hydrogen) atoms. The lowest BCUT2D eigenvalue weighted by molar-refractivity contribution is -0.139. The molecule has 0 aromatic heterocycles. The Morgan fingerprint density at radius 1 is 1.08 bits per heavy atom. The average molecular weight is 358 g/mol. The minimum Gasteiger partial charge on any atom is -0.426 e. The van der Waals surface area contributed by atoms with Crippen LogP contribution in [0.4, 0.5) is 5.69 Å². The van der Waals surface area contributed by atoms with Crippen LogP contribution < -0.4 is 9.64 Å². The molecule has 1 fully saturated rings. The predicted octanol–water partition coefficient (Wildman–Crippen LogP) is 3.50. The highest BCUT2D eigenvalue weighted by Crippen LogP contribution is 2.27. The van der Waals surface area contributed by atoms with Gasteiger partial charge in [-0.05, 0) is 55.5 Å². The van der Waals surface area contributed by atoms with Gasteiger partial charge in [-0.1, -0.05) is 11.6 Å². The number of hydrogen-bond acceptors (Lipinski definition) is 4. The number of anilines is 1. The summed E-state index contributed by atoms with van der Waals surface area (Å²) in [5, 5.41) is 0.584. The van der Waals surface area contributed by atoms with E-state index in [-0.39, 0.29) is 24.7 Å². The molecule has 0 aliphatic carbocycles. The fourth-order valence-electron chi connectivity index (χ4n) is 2.69. The lowest BCUT2D eigenvalue weighted by Gasteiger charge is -2.16. The zero-order chi connectivity index (χ0) is 18.0. The van der Waals surface area contributed by atoms with Gasteiger partial charge >= 0.3 is 5.97 Å². The Morgan fingerprint density at radius 2 is 1.72 bits per heavy atom. The van der Waals surface area contributed by atoms with E-state index in [2.05, 4.69) is 0 Å². The summed E-state index contributed by atoms with van der Waals surface area (Å²) >= 11 is 5.86. The highest BCUT2D eigenvalue weighted by molar-refractivity contribution is 6.30. The van der Waals surface area contributed by atoms with Crippen molar-refractivity contribution in [2.45, 2.75) is 13.3 Å². The topological polar surface area (TPSA) is 63.7 Å². The number of amides is 1. The molecule has 0 N–H and O–H groups in total. The minimum atomic E-state index is -0.532. The normalized spacial score (nSPS) is 16.8. The van der Waals surface area contributed by atoms with Crippen LogP contribution in [0.1, 0.15) is 23.7 Å². The van der Waals surface area contributed by atoms with Crippen molar-refractivity contribution in [3.05, 3.63) is 59.1 Å². The third-order valence-electron chi connectivity index (χ3n) is 4.08. The maximum absolute atomic E-state index is 12.3. The molecule has 0 radical (unpaired) electrons. The summed E-state index contributed by atoms with van der Waals surface area (Å²) in [5.41, 5.74) is 1.25. The molecule has 6 heteroatoms. The van der Waals surface area contributed by atoms with Crippen LogP contribution in [0.5, 0.6) is 5.75 Å². The molecule has 1 amide bonds. The van der Waals surface area contributed by atoms with Crippen LogP contribution in [0.2, 0.25) is 5.02 Å². The van der Waals surface area contributed by atoms with Gasteiger partial charge in [0.25, 0.3) is 0 Å². The summed E-state index contributed by atoms with van der Waals surface area (Å²) in [6, 6.07) is 13.2. The summed E-state index contributed by atoms with van der Waals surface area (Å²) in [6.07, 6.45) is 0.104. The number of hydrogen-bond donors (Lipinski definition) is 0. The van der Waals surface area contributed by atoms with Gasteiger partial charge in [-0.15, -0.1) is 0 Å². The van der Waals surface area contributed by atoms with Gasteiger partial charge in [-0.2, -0.15) is 0 Å². The lowest BCUT2D eigenvalue weighted by atomic mass is 10.1. The summed E-state index contributed by atoms with van der Waals surface area (Å²) in [6.45, 7) is 1.74. The van der Waals surface area contributed by atoms with Crippen LogP contribution in [0, 0.1) is 5.92 Å². The van der Waals surface area contributed by atoms with Crippen LogP contribution >= 0.6 is 11.6 Å². The van der Waals surface area contributed by atoms with Crippen LogP contribution in [0.25, 0.3) is 0 Å². The molecule has 0 unspecified atom stereocenters. The zero-order valence-electron chi connectivity index (χ0n) is 13.6. The van der Waals surface area contributed by atoms with Crippen LogP contribution in [0.3, 0.4) is 0 Å². The largest absolute Gasteiger partial charge is 0.426 e. The third kappa shape index (κ3) is 3.88. The number of ether oxygens (including phenoxy) is 1. The van der Waals surface area contributed by atoms with Crippen molar-refractivity contribution >= 4 is 34.9 Å². The highest BCUT2D eigenvalue weighted by Gasteiger charge is 2.36. The number of ketones is 1. The Kier molecular flexibility index (Phi) is 4.86. The minimum absolute atomic E-state index is 0.0575. The first-order valence-corrected chi connectivity index (χ1v) is 8.20. The number of esters is 1. The van der Waals surface area contributed by atoms with E-state index in [1.807, 2.05) is 0 Å². The van der Waals surface area contributed by atoms with Gasteiger partial charge in [0.15, 0.2) is 5.78 Å². The van der Waals surface area contributed by atoms with E-state index < -0.39 is 11.9 Å². The van der Waals surface area contributed by atoms with Crippen molar-refractivity contribution in [2.75, 3.05) is 11.4 Å². The summed E-state index contributed by atoms with van der Waals surface area (Å²) in [5.74, 6) is -0.822. The first kappa shape index (κ1) is 17.2. The quantitative estimate of drug-likeness (QED) is 0.477. The van der Waals surface area contributed by atoms with Crippen molar-refractivity contribution in [3.63, 3.8) is 0 Å². The molecule has 1 saturated heterocycles. The summed E-state index contributed by atoms with van der Waals surface area (Å²) in [7, 11) is 0. The van der Waals surface area contributed by atoms with E-state index in [4.69, 9.17) is 16.3 Å². The van der Waals surface area contributed by atoms with Gasteiger partial charge in [0, 0.05) is 29.2 Å². The number of Topliss-reactive ketones (excluding diaryl/α,β-unsaturated/α-hetero) is 1. The van der Waals surface area contributed by atoms with Crippen LogP contribution in [-0.4, -0.2) is 24.2 Å². The maximum Gasteiger partial charge on any atom is 0.316 e. The molecule has 5 nitrogen and oxygen atoms in total. The second-order valence-corrected chi connectivity index (χ2v) is 6.32. The van der Waals surface area contributed by atoms with E-state index in [0.717, 1.165) is 0 Å². The second-order valence-electron chi connectivity index (χ2n) is 5.88. The second kappa shape index (κ2) is 7.07. The molecule has 1 aliphatic heterocycles. The van der Waals surface area contributed by atoms with Crippen LogP contribution in [0.15, 0.2) is 48.5 Å². The highest BCUT2D eigenvalue weighted by atomic mass is 35.5. The SMILES string of the molecule is CC(=O)c1ccc(OC(=O)[C@@H]2CC(=O)N(c3ccc(Cl)cc3)C2)cc1. The van der Waals surface area contributed by atoms with E-state index >= 15 is 0 Å². The van der Waals surface area contributed by atoms with Crippen molar-refractivity contribution in [2.24, 2.45) is 5.92 Å². The van der Waals surface area contributed by atoms with Crippen molar-refractivity contribution in [1.29, 1.82) is 0 Å². The Labute approximate surface area is 150 Å². The number of benzene rings is 2. The third-order valence-corrected chi connectivity index (χ3v) is 4.33. The summed E-state index contributed by atoms with van der Waals surface area (Å²) < 4.78 is 5.33. The summed E-state index contributed by atoms with van der Waals surface area (Å²) in [4.78, 5) is 37.3. The smallest absolute Gasteiger partial charge is 0.316 e. The first-order chi connectivity index (χ1) is 11.9. The van der Waals surface area contributed by atoms with Crippen molar-refractivity contribution in [3.8, 4) is 5.75 Å². The standard InChI is InChI=1S/C19H16ClNO4/c1-12(22)13-2-8-17(9-3-13)25-19(24)14-10-18(23)21(11-14)16-6-4-15(20)5-7-16/h2-9,14H,10-11H2,1H3/t14-/m1/s1. The Hall–Kier alpha value is -2.66. The monoisotopic (exact) mass is 357 g/mol. The average Bonchev–Trinajstić information content (AvgIpc) is 2.98. The number of carbonyl (C=O) groups excluding carboxylic acids is 3. The van der Waals surface area contributed by atoms with E-state index in [0.29, 0.717) is 22.0 Å². The molecule has 3 rings (SSSR count). The van der Waals surface area contributed by atoms with Crippen LogP contribution in [-0.2, 0) is 9.59 Å². The molecule has 0 saturated carbocycles. The molecule has 2 aromatic rings. The molecule has 1 heterocycles. The molecule has 0 bridgehead atoms. The number of halogens is 1. The molecule has 1 atom stereocenters. The molecule has 2 aromatic carbocycles. The molecule has 0 spiro atoms. The fraction of sp³-hybridized carbons (Fsp3) is 0.211. The maximum atomic E-state index is 12.3. The van der Waals surface area contributed by atoms with E-state index in [9.17, 15) is 14.4 Å². The first-order valence-electron chi connectivity index (χ1n) is 7.82. The zero-order valence-corrected chi connectivity index (χ0v) is 14.3. The molecular weight excluding hydrogens is 342 g/mol. The van der Waals surface area contributed by atoms with Gasteiger partial charge in [0.2, 0.25) is 5.91 Å². The molecule has 128 valence electrons. The number of nitrogens with zero attached hydrogens (tertiary/aromatic N) is 1. The Bertz CT molecular complexity index is 814. The van der Waals surface area contributed by atoms with E-state index in [1.165, 1.54) is 6.92 Å². The van der Waals surface area contributed by atoms with Gasteiger partial charge in [-0.3, -0.25) is 14.4 Å². The number of carbonyl (C=O) groups is 3. The van der Waals surface area contributed by atoms with Gasteiger partial charge in [-0.25, -0.2) is 0 Å². The molecule has 1 aliphatic rings. The van der Waals surface area contributed by atoms with Crippen molar-refractivity contribution < 1.29 is 19.1 Å². The van der Waals surface area contributed by atoms with Gasteiger partial charge in [0.1, 0.15) is 5.75 Å². The Balaban J connectivity index is 1.66. The molecular formula is C19H16ClNO4. The predicted molar refractivity (Wildman–Crippen MR) is 94.0 cm³/mol. The number of rotatable bonds is 4. The van der Waals surface area contributed by atoms with Gasteiger partial charge in [0.05, 0.1) is 5.92 Å². The Morgan fingerprint density at radius 3 is 2.32 bits per heavy atom.